The first kappa shape index (κ1) is 13.8. The van der Waals surface area contributed by atoms with E-state index in [0.717, 1.165) is 10.9 Å². The molecular formula is C17H12FN3O. The Kier molecular flexibility index (Phi) is 3.36. The van der Waals surface area contributed by atoms with Crippen molar-refractivity contribution in [3.63, 3.8) is 0 Å². The van der Waals surface area contributed by atoms with Crippen LogP contribution >= 0.6 is 0 Å². The van der Waals surface area contributed by atoms with E-state index in [9.17, 15) is 4.39 Å². The van der Waals surface area contributed by atoms with Gasteiger partial charge in [0.15, 0.2) is 11.6 Å². The van der Waals surface area contributed by atoms with Gasteiger partial charge in [0.05, 0.1) is 5.52 Å². The lowest BCUT2D eigenvalue weighted by molar-refractivity contribution is 0.441. The first-order valence-electron chi connectivity index (χ1n) is 6.58. The van der Waals surface area contributed by atoms with Crippen LogP contribution in [0.4, 0.5) is 4.39 Å². The minimum atomic E-state index is -0.487. The van der Waals surface area contributed by atoms with E-state index in [2.05, 4.69) is 11.6 Å². The van der Waals surface area contributed by atoms with E-state index in [1.807, 2.05) is 29.9 Å². The van der Waals surface area contributed by atoms with Crippen LogP contribution in [0.15, 0.2) is 43.2 Å². The summed E-state index contributed by atoms with van der Waals surface area (Å²) in [6, 6.07) is 8.25. The van der Waals surface area contributed by atoms with Crippen LogP contribution in [0, 0.1) is 17.1 Å². The van der Waals surface area contributed by atoms with E-state index >= 15 is 0 Å². The number of rotatable bonds is 3. The number of pyridine rings is 1. The lowest BCUT2D eigenvalue weighted by Crippen LogP contribution is -1.95. The molecule has 0 bridgehead atoms. The molecule has 0 N–H and O–H groups in total. The van der Waals surface area contributed by atoms with Crippen molar-refractivity contribution in [1.82, 2.24) is 9.55 Å². The summed E-state index contributed by atoms with van der Waals surface area (Å²) in [7, 11) is 1.84. The molecule has 108 valence electrons. The molecule has 0 aliphatic carbocycles. The van der Waals surface area contributed by atoms with Crippen molar-refractivity contribution in [3.05, 3.63) is 60.3 Å². The van der Waals surface area contributed by atoms with Crippen molar-refractivity contribution in [3.8, 4) is 17.6 Å². The molecule has 0 aliphatic rings. The summed E-state index contributed by atoms with van der Waals surface area (Å²) in [5, 5.41) is 9.72. The van der Waals surface area contributed by atoms with Crippen LogP contribution in [0.2, 0.25) is 0 Å². The van der Waals surface area contributed by atoms with Crippen molar-refractivity contribution < 1.29 is 9.13 Å². The maximum absolute atomic E-state index is 14.4. The lowest BCUT2D eigenvalue weighted by atomic mass is 10.1. The van der Waals surface area contributed by atoms with Gasteiger partial charge in [0.2, 0.25) is 0 Å². The number of nitriles is 1. The molecule has 0 saturated heterocycles. The molecule has 0 fully saturated rings. The van der Waals surface area contributed by atoms with E-state index < -0.39 is 5.82 Å². The van der Waals surface area contributed by atoms with Gasteiger partial charge in [-0.15, -0.1) is 0 Å². The molecule has 2 aromatic heterocycles. The number of nitrogens with zero attached hydrogens (tertiary/aromatic N) is 3. The second-order valence-electron chi connectivity index (χ2n) is 4.76. The Hall–Kier alpha value is -3.13. The van der Waals surface area contributed by atoms with Gasteiger partial charge in [-0.3, -0.25) is 0 Å². The Morgan fingerprint density at radius 3 is 2.95 bits per heavy atom. The molecule has 2 heterocycles. The highest BCUT2D eigenvalue weighted by Crippen LogP contribution is 2.35. The number of aryl methyl sites for hydroxylation is 1. The van der Waals surface area contributed by atoms with Gasteiger partial charge in [-0.1, -0.05) is 12.7 Å². The van der Waals surface area contributed by atoms with E-state index in [4.69, 9.17) is 10.00 Å². The number of ether oxygens (including phenoxy) is 1. The van der Waals surface area contributed by atoms with Gasteiger partial charge in [0.1, 0.15) is 17.5 Å². The molecule has 3 rings (SSSR count). The van der Waals surface area contributed by atoms with Gasteiger partial charge in [-0.25, -0.2) is 9.37 Å². The van der Waals surface area contributed by atoms with Crippen LogP contribution in [-0.2, 0) is 7.05 Å². The van der Waals surface area contributed by atoms with Crippen LogP contribution in [0.3, 0.4) is 0 Å². The Morgan fingerprint density at radius 1 is 1.41 bits per heavy atom. The summed E-state index contributed by atoms with van der Waals surface area (Å²) >= 11 is 0. The van der Waals surface area contributed by atoms with Crippen LogP contribution in [0.25, 0.3) is 17.0 Å². The normalized spacial score (nSPS) is 10.4. The molecular weight excluding hydrogens is 281 g/mol. The summed E-state index contributed by atoms with van der Waals surface area (Å²) < 4.78 is 21.9. The standard InChI is InChI=1S/C17H12FN3O/c1-3-13-14-5-7-21(2)16(14)9-15(18)17(13)22-12-4-6-20-11(8-12)10-19/h3-9H,1H2,2H3. The number of hydrogen-bond acceptors (Lipinski definition) is 3. The summed E-state index contributed by atoms with van der Waals surface area (Å²) in [5.41, 5.74) is 1.54. The fraction of sp³-hybridized carbons (Fsp3) is 0.0588. The van der Waals surface area contributed by atoms with Crippen molar-refractivity contribution in [2.45, 2.75) is 0 Å². The molecule has 0 amide bonds. The highest BCUT2D eigenvalue weighted by Gasteiger charge is 2.16. The first-order valence-corrected chi connectivity index (χ1v) is 6.58. The summed E-state index contributed by atoms with van der Waals surface area (Å²) in [4.78, 5) is 3.86. The summed E-state index contributed by atoms with van der Waals surface area (Å²) in [6.45, 7) is 3.75. The van der Waals surface area contributed by atoms with Crippen LogP contribution < -0.4 is 4.74 Å². The minimum absolute atomic E-state index is 0.0868. The predicted molar refractivity (Wildman–Crippen MR) is 82.0 cm³/mol. The third-order valence-corrected chi connectivity index (χ3v) is 3.41. The molecule has 22 heavy (non-hydrogen) atoms. The Balaban J connectivity index is 2.16. The summed E-state index contributed by atoms with van der Waals surface area (Å²) in [6.07, 6.45) is 4.86. The molecule has 4 nitrogen and oxygen atoms in total. The van der Waals surface area contributed by atoms with Crippen molar-refractivity contribution >= 4 is 17.0 Å². The second kappa shape index (κ2) is 5.34. The number of benzene rings is 1. The zero-order valence-corrected chi connectivity index (χ0v) is 11.9. The average Bonchev–Trinajstić information content (AvgIpc) is 2.89. The lowest BCUT2D eigenvalue weighted by Gasteiger charge is -2.12. The van der Waals surface area contributed by atoms with E-state index in [1.54, 1.807) is 12.1 Å². The molecule has 0 aliphatic heterocycles. The molecule has 0 saturated carbocycles. The zero-order valence-electron chi connectivity index (χ0n) is 11.9. The Labute approximate surface area is 126 Å². The van der Waals surface area contributed by atoms with Gasteiger partial charge < -0.3 is 9.30 Å². The monoisotopic (exact) mass is 293 g/mol. The first-order chi connectivity index (χ1) is 10.6. The number of halogens is 1. The van der Waals surface area contributed by atoms with Crippen molar-refractivity contribution in [2.24, 2.45) is 7.05 Å². The fourth-order valence-corrected chi connectivity index (χ4v) is 2.35. The molecule has 0 atom stereocenters. The maximum atomic E-state index is 14.4. The maximum Gasteiger partial charge on any atom is 0.170 e. The van der Waals surface area contributed by atoms with Crippen molar-refractivity contribution in [1.29, 1.82) is 5.26 Å². The molecule has 3 aromatic rings. The molecule has 0 radical (unpaired) electrons. The number of aromatic nitrogens is 2. The smallest absolute Gasteiger partial charge is 0.170 e. The van der Waals surface area contributed by atoms with Crippen LogP contribution in [0.1, 0.15) is 11.3 Å². The quantitative estimate of drug-likeness (QED) is 0.733. The number of fused-ring (bicyclic) bond motifs is 1. The average molecular weight is 293 g/mol. The van der Waals surface area contributed by atoms with Crippen LogP contribution in [0.5, 0.6) is 11.5 Å². The topological polar surface area (TPSA) is 50.8 Å². The number of hydrogen-bond donors (Lipinski definition) is 0. The molecule has 0 spiro atoms. The predicted octanol–water partition coefficient (Wildman–Crippen LogP) is 4.02. The van der Waals surface area contributed by atoms with E-state index in [0.29, 0.717) is 11.3 Å². The molecule has 1 aromatic carbocycles. The Morgan fingerprint density at radius 2 is 2.23 bits per heavy atom. The van der Waals surface area contributed by atoms with E-state index in [1.165, 1.54) is 18.3 Å². The van der Waals surface area contributed by atoms with Gasteiger partial charge >= 0.3 is 0 Å². The zero-order chi connectivity index (χ0) is 15.7. The summed E-state index contributed by atoms with van der Waals surface area (Å²) in [5.74, 6) is -0.0489. The van der Waals surface area contributed by atoms with Crippen LogP contribution in [-0.4, -0.2) is 9.55 Å². The highest BCUT2D eigenvalue weighted by molar-refractivity contribution is 5.91. The third kappa shape index (κ3) is 2.21. The highest BCUT2D eigenvalue weighted by atomic mass is 19.1. The SMILES string of the molecule is C=Cc1c(Oc2ccnc(C#N)c2)c(F)cc2c1ccn2C. The van der Waals surface area contributed by atoms with Gasteiger partial charge in [-0.2, -0.15) is 5.26 Å². The van der Waals surface area contributed by atoms with E-state index in [-0.39, 0.29) is 11.4 Å². The second-order valence-corrected chi connectivity index (χ2v) is 4.76. The minimum Gasteiger partial charge on any atom is -0.453 e. The molecule has 0 unspecified atom stereocenters. The Bertz CT molecular complexity index is 922. The van der Waals surface area contributed by atoms with Crippen molar-refractivity contribution in [2.75, 3.05) is 0 Å². The van der Waals surface area contributed by atoms with Gasteiger partial charge in [0, 0.05) is 42.5 Å². The largest absolute Gasteiger partial charge is 0.453 e. The fourth-order valence-electron chi connectivity index (χ4n) is 2.35. The third-order valence-electron chi connectivity index (χ3n) is 3.41. The molecule has 5 heteroatoms. The van der Waals surface area contributed by atoms with Gasteiger partial charge in [-0.05, 0) is 12.1 Å². The van der Waals surface area contributed by atoms with Gasteiger partial charge in [0.25, 0.3) is 0 Å².